The Kier molecular flexibility index (Phi) is 6.80. The lowest BCUT2D eigenvalue weighted by Gasteiger charge is -2.14. The quantitative estimate of drug-likeness (QED) is 0.688. The molecule has 0 fully saturated rings. The summed E-state index contributed by atoms with van der Waals surface area (Å²) in [7, 11) is 0. The molecule has 0 amide bonds. The molecule has 0 aliphatic carbocycles. The summed E-state index contributed by atoms with van der Waals surface area (Å²) < 4.78 is 7.73. The van der Waals surface area contributed by atoms with Gasteiger partial charge in [0.05, 0.1) is 12.4 Å². The largest absolute Gasteiger partial charge is 0.486 e. The molecule has 0 bridgehead atoms. The first-order chi connectivity index (χ1) is 8.61. The van der Waals surface area contributed by atoms with E-state index in [1.165, 1.54) is 6.42 Å². The second-order valence-electron chi connectivity index (χ2n) is 5.25. The topological polar surface area (TPSA) is 39.1 Å². The van der Waals surface area contributed by atoms with Gasteiger partial charge < -0.3 is 10.1 Å². The van der Waals surface area contributed by atoms with Crippen LogP contribution >= 0.6 is 0 Å². The number of hydrogen-bond donors (Lipinski definition) is 1. The highest BCUT2D eigenvalue weighted by Crippen LogP contribution is 2.10. The zero-order valence-corrected chi connectivity index (χ0v) is 12.1. The lowest BCUT2D eigenvalue weighted by atomic mass is 10.1. The molecular formula is C14H27N3O. The van der Waals surface area contributed by atoms with Crippen molar-refractivity contribution >= 4 is 0 Å². The first-order valence-corrected chi connectivity index (χ1v) is 7.01. The summed E-state index contributed by atoms with van der Waals surface area (Å²) in [5, 5.41) is 7.67. The van der Waals surface area contributed by atoms with Gasteiger partial charge in [-0.2, -0.15) is 5.10 Å². The monoisotopic (exact) mass is 253 g/mol. The molecule has 1 unspecified atom stereocenters. The van der Waals surface area contributed by atoms with Crippen LogP contribution in [-0.4, -0.2) is 29.0 Å². The number of nitrogens with one attached hydrogen (secondary N) is 1. The fourth-order valence-corrected chi connectivity index (χ4v) is 1.73. The summed E-state index contributed by atoms with van der Waals surface area (Å²) >= 11 is 0. The number of rotatable bonds is 9. The summed E-state index contributed by atoms with van der Waals surface area (Å²) in [6.45, 7) is 11.6. The first-order valence-electron chi connectivity index (χ1n) is 7.01. The van der Waals surface area contributed by atoms with E-state index in [4.69, 9.17) is 4.74 Å². The van der Waals surface area contributed by atoms with E-state index in [-0.39, 0.29) is 6.10 Å². The maximum Gasteiger partial charge on any atom is 0.157 e. The van der Waals surface area contributed by atoms with E-state index < -0.39 is 0 Å². The van der Waals surface area contributed by atoms with Crippen molar-refractivity contribution < 1.29 is 4.74 Å². The third-order valence-electron chi connectivity index (χ3n) is 2.73. The van der Waals surface area contributed by atoms with E-state index in [1.54, 1.807) is 6.20 Å². The molecule has 1 aromatic heterocycles. The molecule has 0 spiro atoms. The lowest BCUT2D eigenvalue weighted by Crippen LogP contribution is -2.30. The van der Waals surface area contributed by atoms with Gasteiger partial charge >= 0.3 is 0 Å². The van der Waals surface area contributed by atoms with Crippen molar-refractivity contribution in [2.45, 2.75) is 53.2 Å². The van der Waals surface area contributed by atoms with Crippen LogP contribution in [0.4, 0.5) is 0 Å². The van der Waals surface area contributed by atoms with Crippen molar-refractivity contribution in [3.8, 4) is 5.75 Å². The van der Waals surface area contributed by atoms with E-state index in [0.29, 0.717) is 0 Å². The van der Waals surface area contributed by atoms with Gasteiger partial charge in [-0.05, 0) is 32.2 Å². The minimum atomic E-state index is 0.177. The van der Waals surface area contributed by atoms with Gasteiger partial charge in [-0.1, -0.05) is 20.8 Å². The molecule has 4 heteroatoms. The average Bonchev–Trinajstić information content (AvgIpc) is 2.72. The molecule has 4 nitrogen and oxygen atoms in total. The lowest BCUT2D eigenvalue weighted by molar-refractivity contribution is 0.216. The second kappa shape index (κ2) is 8.14. The van der Waals surface area contributed by atoms with Crippen LogP contribution < -0.4 is 10.1 Å². The van der Waals surface area contributed by atoms with Gasteiger partial charge in [0, 0.05) is 13.1 Å². The Labute approximate surface area is 111 Å². The van der Waals surface area contributed by atoms with E-state index >= 15 is 0 Å². The van der Waals surface area contributed by atoms with E-state index in [1.807, 2.05) is 10.9 Å². The third-order valence-corrected chi connectivity index (χ3v) is 2.73. The van der Waals surface area contributed by atoms with Crippen LogP contribution in [-0.2, 0) is 6.54 Å². The molecule has 1 rings (SSSR count). The highest BCUT2D eigenvalue weighted by atomic mass is 16.5. The SMILES string of the molecule is CCCn1cc(OC(C)CNCCC(C)C)cn1. The highest BCUT2D eigenvalue weighted by Gasteiger charge is 2.05. The van der Waals surface area contributed by atoms with Gasteiger partial charge in [0.15, 0.2) is 5.75 Å². The van der Waals surface area contributed by atoms with Crippen LogP contribution in [0.2, 0.25) is 0 Å². The minimum absolute atomic E-state index is 0.177. The van der Waals surface area contributed by atoms with Crippen LogP contribution in [0.15, 0.2) is 12.4 Å². The van der Waals surface area contributed by atoms with Crippen molar-refractivity contribution in [1.82, 2.24) is 15.1 Å². The van der Waals surface area contributed by atoms with Crippen LogP contribution in [0.5, 0.6) is 5.75 Å². The van der Waals surface area contributed by atoms with Crippen molar-refractivity contribution in [1.29, 1.82) is 0 Å². The summed E-state index contributed by atoms with van der Waals surface area (Å²) in [5.41, 5.74) is 0. The van der Waals surface area contributed by atoms with Gasteiger partial charge in [-0.3, -0.25) is 4.68 Å². The number of ether oxygens (including phenoxy) is 1. The summed E-state index contributed by atoms with van der Waals surface area (Å²) in [4.78, 5) is 0. The molecule has 1 atom stereocenters. The Bertz CT molecular complexity index is 323. The molecule has 0 saturated carbocycles. The Morgan fingerprint density at radius 2 is 2.17 bits per heavy atom. The smallest absolute Gasteiger partial charge is 0.157 e. The van der Waals surface area contributed by atoms with Crippen LogP contribution in [0.1, 0.15) is 40.5 Å². The minimum Gasteiger partial charge on any atom is -0.486 e. The molecule has 0 radical (unpaired) electrons. The van der Waals surface area contributed by atoms with Gasteiger partial charge in [0.25, 0.3) is 0 Å². The average molecular weight is 253 g/mol. The normalized spacial score (nSPS) is 12.9. The van der Waals surface area contributed by atoms with Crippen LogP contribution in [0.3, 0.4) is 0 Å². The summed E-state index contributed by atoms with van der Waals surface area (Å²) in [6, 6.07) is 0. The number of nitrogens with zero attached hydrogens (tertiary/aromatic N) is 2. The van der Waals surface area contributed by atoms with Crippen LogP contribution in [0, 0.1) is 5.92 Å². The fraction of sp³-hybridized carbons (Fsp3) is 0.786. The van der Waals surface area contributed by atoms with E-state index in [2.05, 4.69) is 38.1 Å². The zero-order valence-electron chi connectivity index (χ0n) is 12.1. The zero-order chi connectivity index (χ0) is 13.4. The number of aromatic nitrogens is 2. The Hall–Kier alpha value is -1.03. The molecule has 0 aliphatic rings. The maximum atomic E-state index is 5.80. The number of hydrogen-bond acceptors (Lipinski definition) is 3. The van der Waals surface area contributed by atoms with Gasteiger partial charge in [0.1, 0.15) is 6.10 Å². The number of aryl methyl sites for hydroxylation is 1. The molecule has 18 heavy (non-hydrogen) atoms. The summed E-state index contributed by atoms with van der Waals surface area (Å²) in [5.74, 6) is 1.61. The Balaban J connectivity index is 2.20. The highest BCUT2D eigenvalue weighted by molar-refractivity contribution is 5.12. The van der Waals surface area contributed by atoms with Crippen molar-refractivity contribution in [3.63, 3.8) is 0 Å². The van der Waals surface area contributed by atoms with Gasteiger partial charge in [-0.15, -0.1) is 0 Å². The molecule has 1 aromatic rings. The van der Waals surface area contributed by atoms with Gasteiger partial charge in [0.2, 0.25) is 0 Å². The molecule has 1 heterocycles. The van der Waals surface area contributed by atoms with Gasteiger partial charge in [-0.25, -0.2) is 0 Å². The Morgan fingerprint density at radius 1 is 1.39 bits per heavy atom. The first kappa shape index (κ1) is 15.0. The third kappa shape index (κ3) is 6.05. The predicted molar refractivity (Wildman–Crippen MR) is 74.9 cm³/mol. The molecule has 0 aliphatic heterocycles. The van der Waals surface area contributed by atoms with E-state index in [9.17, 15) is 0 Å². The fourth-order valence-electron chi connectivity index (χ4n) is 1.73. The molecular weight excluding hydrogens is 226 g/mol. The second-order valence-corrected chi connectivity index (χ2v) is 5.25. The van der Waals surface area contributed by atoms with Crippen molar-refractivity contribution in [2.24, 2.45) is 5.92 Å². The van der Waals surface area contributed by atoms with Crippen LogP contribution in [0.25, 0.3) is 0 Å². The Morgan fingerprint density at radius 3 is 2.83 bits per heavy atom. The van der Waals surface area contributed by atoms with Crippen molar-refractivity contribution in [3.05, 3.63) is 12.4 Å². The summed E-state index contributed by atoms with van der Waals surface area (Å²) in [6.07, 6.45) is 6.24. The standard InChI is InChI=1S/C14H27N3O/c1-5-8-17-11-14(10-16-17)18-13(4)9-15-7-6-12(2)3/h10-13,15H,5-9H2,1-4H3. The van der Waals surface area contributed by atoms with E-state index in [0.717, 1.165) is 37.7 Å². The maximum absolute atomic E-state index is 5.80. The molecule has 1 N–H and O–H groups in total. The molecule has 0 aromatic carbocycles. The van der Waals surface area contributed by atoms with Crippen molar-refractivity contribution in [2.75, 3.05) is 13.1 Å². The predicted octanol–water partition coefficient (Wildman–Crippen LogP) is 2.70. The molecule has 0 saturated heterocycles. The molecule has 104 valence electrons.